The van der Waals surface area contributed by atoms with Crippen molar-refractivity contribution in [2.75, 3.05) is 0 Å². The highest BCUT2D eigenvalue weighted by molar-refractivity contribution is 5.68. The highest BCUT2D eigenvalue weighted by Gasteiger charge is 2.27. The van der Waals surface area contributed by atoms with E-state index in [4.69, 9.17) is 4.74 Å². The minimum atomic E-state index is -0.466. The van der Waals surface area contributed by atoms with Gasteiger partial charge in [-0.25, -0.2) is 9.78 Å². The number of aromatic amines is 1. The lowest BCUT2D eigenvalue weighted by atomic mass is 10.0. The standard InChI is InChI=1S/C16H28N4O2/c1-16(2,3)22-15(21)20-13-8-6-4-5-7-12(13)19-11-14-17-9-10-18-14/h9-10,12-13,19H,4-8,11H2,1-3H3,(H,17,18)(H,20,21). The third-order valence-corrected chi connectivity index (χ3v) is 3.80. The molecule has 1 heterocycles. The third-order valence-electron chi connectivity index (χ3n) is 3.80. The van der Waals surface area contributed by atoms with E-state index in [9.17, 15) is 4.79 Å². The van der Waals surface area contributed by atoms with E-state index in [1.54, 1.807) is 6.20 Å². The average molecular weight is 308 g/mol. The molecule has 124 valence electrons. The predicted octanol–water partition coefficient (Wildman–Crippen LogP) is 2.73. The zero-order chi connectivity index (χ0) is 16.0. The van der Waals surface area contributed by atoms with Gasteiger partial charge in [0, 0.05) is 24.5 Å². The molecule has 1 aromatic rings. The molecule has 1 aliphatic rings. The maximum Gasteiger partial charge on any atom is 0.407 e. The number of alkyl carbamates (subject to hydrolysis) is 1. The summed E-state index contributed by atoms with van der Waals surface area (Å²) in [5.41, 5.74) is -0.466. The maximum absolute atomic E-state index is 12.0. The molecule has 6 heteroatoms. The van der Waals surface area contributed by atoms with Crippen LogP contribution in [0.5, 0.6) is 0 Å². The van der Waals surface area contributed by atoms with Crippen LogP contribution in [0.2, 0.25) is 0 Å². The number of ether oxygens (including phenoxy) is 1. The highest BCUT2D eigenvalue weighted by atomic mass is 16.6. The van der Waals surface area contributed by atoms with Crippen molar-refractivity contribution in [1.82, 2.24) is 20.6 Å². The summed E-state index contributed by atoms with van der Waals surface area (Å²) in [6.07, 6.45) is 8.81. The second-order valence-electron chi connectivity index (χ2n) is 6.91. The van der Waals surface area contributed by atoms with E-state index in [1.807, 2.05) is 27.0 Å². The van der Waals surface area contributed by atoms with Crippen molar-refractivity contribution >= 4 is 6.09 Å². The summed E-state index contributed by atoms with van der Waals surface area (Å²) in [5, 5.41) is 6.56. The Bertz CT molecular complexity index is 453. The summed E-state index contributed by atoms with van der Waals surface area (Å²) >= 11 is 0. The lowest BCUT2D eigenvalue weighted by Gasteiger charge is -2.28. The zero-order valence-electron chi connectivity index (χ0n) is 13.8. The smallest absolute Gasteiger partial charge is 0.407 e. The zero-order valence-corrected chi connectivity index (χ0v) is 13.8. The Morgan fingerprint density at radius 2 is 2.05 bits per heavy atom. The molecule has 1 saturated carbocycles. The molecular formula is C16H28N4O2. The number of hydrogen-bond acceptors (Lipinski definition) is 4. The van der Waals surface area contributed by atoms with Gasteiger partial charge in [0.2, 0.25) is 0 Å². The monoisotopic (exact) mass is 308 g/mol. The van der Waals surface area contributed by atoms with Crippen LogP contribution >= 0.6 is 0 Å². The highest BCUT2D eigenvalue weighted by Crippen LogP contribution is 2.19. The summed E-state index contributed by atoms with van der Waals surface area (Å²) in [6, 6.07) is 0.354. The number of hydrogen-bond donors (Lipinski definition) is 3. The summed E-state index contributed by atoms with van der Waals surface area (Å²) in [4.78, 5) is 19.4. The topological polar surface area (TPSA) is 79.0 Å². The summed E-state index contributed by atoms with van der Waals surface area (Å²) in [5.74, 6) is 0.917. The van der Waals surface area contributed by atoms with Crippen LogP contribution in [-0.4, -0.2) is 33.7 Å². The largest absolute Gasteiger partial charge is 0.444 e. The molecule has 1 aromatic heterocycles. The first-order chi connectivity index (χ1) is 10.4. The lowest BCUT2D eigenvalue weighted by Crippen LogP contribution is -2.50. The number of carbonyl (C=O) groups excluding carboxylic acids is 1. The number of imidazole rings is 1. The van der Waals surface area contributed by atoms with Gasteiger partial charge in [-0.15, -0.1) is 0 Å². The van der Waals surface area contributed by atoms with Crippen LogP contribution in [0.3, 0.4) is 0 Å². The van der Waals surface area contributed by atoms with E-state index in [-0.39, 0.29) is 18.2 Å². The van der Waals surface area contributed by atoms with E-state index in [1.165, 1.54) is 12.8 Å². The number of aromatic nitrogens is 2. The van der Waals surface area contributed by atoms with Crippen LogP contribution in [0, 0.1) is 0 Å². The van der Waals surface area contributed by atoms with Gasteiger partial charge in [0.25, 0.3) is 0 Å². The van der Waals surface area contributed by atoms with Gasteiger partial charge in [-0.3, -0.25) is 0 Å². The minimum absolute atomic E-state index is 0.104. The normalized spacial score (nSPS) is 22.9. The second-order valence-corrected chi connectivity index (χ2v) is 6.91. The Hall–Kier alpha value is -1.56. The molecule has 0 saturated heterocycles. The van der Waals surface area contributed by atoms with Crippen molar-refractivity contribution in [3.8, 4) is 0 Å². The quantitative estimate of drug-likeness (QED) is 0.747. The van der Waals surface area contributed by atoms with Gasteiger partial charge in [0.05, 0.1) is 6.54 Å². The molecule has 0 spiro atoms. The van der Waals surface area contributed by atoms with Crippen molar-refractivity contribution in [3.05, 3.63) is 18.2 Å². The van der Waals surface area contributed by atoms with E-state index in [0.717, 1.165) is 25.1 Å². The van der Waals surface area contributed by atoms with Gasteiger partial charge in [-0.1, -0.05) is 19.3 Å². The Morgan fingerprint density at radius 1 is 1.32 bits per heavy atom. The summed E-state index contributed by atoms with van der Waals surface area (Å²) < 4.78 is 5.38. The summed E-state index contributed by atoms with van der Waals surface area (Å²) in [7, 11) is 0. The van der Waals surface area contributed by atoms with Gasteiger partial charge < -0.3 is 20.4 Å². The first-order valence-electron chi connectivity index (χ1n) is 8.15. The molecule has 0 bridgehead atoms. The molecule has 2 atom stereocenters. The molecule has 22 heavy (non-hydrogen) atoms. The Balaban J connectivity index is 1.90. The Labute approximate surface area is 132 Å². The van der Waals surface area contributed by atoms with Crippen LogP contribution < -0.4 is 10.6 Å². The van der Waals surface area contributed by atoms with E-state index >= 15 is 0 Å². The van der Waals surface area contributed by atoms with Crippen molar-refractivity contribution < 1.29 is 9.53 Å². The fourth-order valence-electron chi connectivity index (χ4n) is 2.81. The van der Waals surface area contributed by atoms with Crippen LogP contribution in [0.15, 0.2) is 12.4 Å². The van der Waals surface area contributed by atoms with E-state index in [2.05, 4.69) is 20.6 Å². The molecule has 1 amide bonds. The Kier molecular flexibility index (Phi) is 5.83. The first kappa shape index (κ1) is 16.8. The molecular weight excluding hydrogens is 280 g/mol. The first-order valence-corrected chi connectivity index (χ1v) is 8.15. The van der Waals surface area contributed by atoms with Crippen LogP contribution in [0.25, 0.3) is 0 Å². The number of rotatable bonds is 4. The van der Waals surface area contributed by atoms with Crippen molar-refractivity contribution in [2.24, 2.45) is 0 Å². The minimum Gasteiger partial charge on any atom is -0.444 e. The predicted molar refractivity (Wildman–Crippen MR) is 85.5 cm³/mol. The van der Waals surface area contributed by atoms with E-state index in [0.29, 0.717) is 6.54 Å². The maximum atomic E-state index is 12.0. The average Bonchev–Trinajstić information content (AvgIpc) is 2.83. The molecule has 2 rings (SSSR count). The number of amides is 1. The fraction of sp³-hybridized carbons (Fsp3) is 0.750. The van der Waals surface area contributed by atoms with E-state index < -0.39 is 5.60 Å². The van der Waals surface area contributed by atoms with Crippen LogP contribution in [-0.2, 0) is 11.3 Å². The van der Waals surface area contributed by atoms with Crippen molar-refractivity contribution in [1.29, 1.82) is 0 Å². The van der Waals surface area contributed by atoms with Crippen molar-refractivity contribution in [2.45, 2.75) is 77.1 Å². The van der Waals surface area contributed by atoms with Gasteiger partial charge in [0.1, 0.15) is 11.4 Å². The number of carbonyl (C=O) groups is 1. The third kappa shape index (κ3) is 5.67. The van der Waals surface area contributed by atoms with Crippen LogP contribution in [0.4, 0.5) is 4.79 Å². The number of nitrogens with zero attached hydrogens (tertiary/aromatic N) is 1. The molecule has 3 N–H and O–H groups in total. The van der Waals surface area contributed by atoms with Gasteiger partial charge in [-0.05, 0) is 33.6 Å². The number of H-pyrrole nitrogens is 1. The molecule has 1 aliphatic carbocycles. The fourth-order valence-corrected chi connectivity index (χ4v) is 2.81. The lowest BCUT2D eigenvalue weighted by molar-refractivity contribution is 0.0489. The molecule has 0 aromatic carbocycles. The molecule has 2 unspecified atom stereocenters. The SMILES string of the molecule is CC(C)(C)OC(=O)NC1CCCCCC1NCc1ncc[nH]1. The molecule has 1 fully saturated rings. The van der Waals surface area contributed by atoms with Crippen molar-refractivity contribution in [3.63, 3.8) is 0 Å². The van der Waals surface area contributed by atoms with Gasteiger partial charge in [-0.2, -0.15) is 0 Å². The molecule has 0 radical (unpaired) electrons. The molecule has 0 aliphatic heterocycles. The van der Waals surface area contributed by atoms with Gasteiger partial charge >= 0.3 is 6.09 Å². The second kappa shape index (κ2) is 7.63. The molecule has 6 nitrogen and oxygen atoms in total. The van der Waals surface area contributed by atoms with Crippen LogP contribution in [0.1, 0.15) is 58.7 Å². The summed E-state index contributed by atoms with van der Waals surface area (Å²) in [6.45, 7) is 6.33. The number of nitrogens with one attached hydrogen (secondary N) is 3. The Morgan fingerprint density at radius 3 is 2.68 bits per heavy atom. The van der Waals surface area contributed by atoms with Gasteiger partial charge in [0.15, 0.2) is 0 Å².